The smallest absolute Gasteiger partial charge is 0.262 e. The molecule has 4 aromatic carbocycles. The molecule has 4 aromatic rings. The summed E-state index contributed by atoms with van der Waals surface area (Å²) >= 11 is 5.93. The van der Waals surface area contributed by atoms with Crippen LogP contribution in [0.5, 0.6) is 17.2 Å². The van der Waals surface area contributed by atoms with E-state index in [9.17, 15) is 13.2 Å². The first kappa shape index (κ1) is 26.1. The fourth-order valence-corrected chi connectivity index (χ4v) is 4.49. The number of rotatable bonds is 10. The number of anilines is 2. The van der Waals surface area contributed by atoms with Gasteiger partial charge in [-0.1, -0.05) is 54.1 Å². The van der Waals surface area contributed by atoms with Gasteiger partial charge in [-0.25, -0.2) is 8.42 Å². The van der Waals surface area contributed by atoms with Crippen LogP contribution in [0.15, 0.2) is 103 Å². The zero-order valence-electron chi connectivity index (χ0n) is 20.0. The number of sulfonamides is 1. The van der Waals surface area contributed by atoms with Crippen molar-refractivity contribution < 1.29 is 22.7 Å². The van der Waals surface area contributed by atoms with Gasteiger partial charge in [-0.05, 0) is 66.2 Å². The van der Waals surface area contributed by atoms with Crippen molar-refractivity contribution in [2.24, 2.45) is 0 Å². The van der Waals surface area contributed by atoms with E-state index in [1.807, 2.05) is 36.4 Å². The molecular formula is C28H25ClN2O5S. The van der Waals surface area contributed by atoms with E-state index in [-0.39, 0.29) is 19.1 Å². The Morgan fingerprint density at radius 2 is 1.49 bits per heavy atom. The Hall–Kier alpha value is -4.01. The van der Waals surface area contributed by atoms with Crippen LogP contribution in [0.1, 0.15) is 5.56 Å². The first-order valence-electron chi connectivity index (χ1n) is 11.3. The summed E-state index contributed by atoms with van der Waals surface area (Å²) in [6.07, 6.45) is 1.15. The number of amides is 1. The highest BCUT2D eigenvalue weighted by molar-refractivity contribution is 7.92. The molecule has 0 unspecified atom stereocenters. The minimum atomic E-state index is -3.54. The molecule has 0 saturated carbocycles. The fourth-order valence-electron chi connectivity index (χ4n) is 3.47. The Balaban J connectivity index is 1.37. The molecule has 190 valence electrons. The Morgan fingerprint density at radius 3 is 2.16 bits per heavy atom. The van der Waals surface area contributed by atoms with Crippen LogP contribution in [0.3, 0.4) is 0 Å². The summed E-state index contributed by atoms with van der Waals surface area (Å²) in [7, 11) is -3.54. The van der Waals surface area contributed by atoms with E-state index in [1.54, 1.807) is 66.7 Å². The van der Waals surface area contributed by atoms with Crippen LogP contribution < -0.4 is 19.1 Å². The van der Waals surface area contributed by atoms with Gasteiger partial charge in [0.25, 0.3) is 5.91 Å². The van der Waals surface area contributed by atoms with Gasteiger partial charge in [0.15, 0.2) is 12.4 Å². The van der Waals surface area contributed by atoms with Crippen molar-refractivity contribution in [3.63, 3.8) is 0 Å². The van der Waals surface area contributed by atoms with Crippen molar-refractivity contribution in [1.29, 1.82) is 0 Å². The second-order valence-electron chi connectivity index (χ2n) is 8.14. The zero-order chi connectivity index (χ0) is 26.3. The minimum absolute atomic E-state index is 0.156. The molecule has 37 heavy (non-hydrogen) atoms. The van der Waals surface area contributed by atoms with Gasteiger partial charge in [-0.2, -0.15) is 0 Å². The zero-order valence-corrected chi connectivity index (χ0v) is 21.6. The highest BCUT2D eigenvalue weighted by Crippen LogP contribution is 2.29. The Kier molecular flexibility index (Phi) is 8.32. The Labute approximate surface area is 221 Å². The van der Waals surface area contributed by atoms with Crippen molar-refractivity contribution in [3.8, 4) is 17.2 Å². The highest BCUT2D eigenvalue weighted by atomic mass is 35.5. The number of nitrogens with zero attached hydrogens (tertiary/aromatic N) is 1. The van der Waals surface area contributed by atoms with E-state index in [2.05, 4.69) is 5.32 Å². The quantitative estimate of drug-likeness (QED) is 0.264. The van der Waals surface area contributed by atoms with E-state index in [4.69, 9.17) is 21.1 Å². The third-order valence-corrected chi connectivity index (χ3v) is 6.66. The molecule has 1 N–H and O–H groups in total. The van der Waals surface area contributed by atoms with Crippen LogP contribution in [0.25, 0.3) is 0 Å². The van der Waals surface area contributed by atoms with Crippen molar-refractivity contribution in [1.82, 2.24) is 0 Å². The number of halogens is 1. The maximum absolute atomic E-state index is 12.5. The lowest BCUT2D eigenvalue weighted by Gasteiger charge is -2.23. The van der Waals surface area contributed by atoms with Crippen LogP contribution in [-0.4, -0.2) is 27.2 Å². The summed E-state index contributed by atoms with van der Waals surface area (Å²) < 4.78 is 37.6. The second kappa shape index (κ2) is 11.8. The van der Waals surface area contributed by atoms with Gasteiger partial charge in [0.2, 0.25) is 10.0 Å². The fraction of sp³-hybridized carbons (Fsp3) is 0.107. The van der Waals surface area contributed by atoms with E-state index < -0.39 is 10.0 Å². The van der Waals surface area contributed by atoms with Gasteiger partial charge in [-0.15, -0.1) is 0 Å². The summed E-state index contributed by atoms with van der Waals surface area (Å²) in [6.45, 7) is -0.0807. The number of para-hydroxylation sites is 3. The molecule has 0 fully saturated rings. The molecule has 0 aliphatic carbocycles. The molecule has 0 atom stereocenters. The number of ether oxygens (including phenoxy) is 2. The largest absolute Gasteiger partial charge is 0.484 e. The van der Waals surface area contributed by atoms with Crippen molar-refractivity contribution >= 4 is 38.9 Å². The predicted molar refractivity (Wildman–Crippen MR) is 146 cm³/mol. The van der Waals surface area contributed by atoms with Gasteiger partial charge >= 0.3 is 0 Å². The van der Waals surface area contributed by atoms with Gasteiger partial charge in [0.05, 0.1) is 24.2 Å². The molecule has 9 heteroatoms. The number of hydrogen-bond acceptors (Lipinski definition) is 5. The lowest BCUT2D eigenvalue weighted by atomic mass is 10.2. The molecule has 0 spiro atoms. The topological polar surface area (TPSA) is 84.9 Å². The van der Waals surface area contributed by atoms with E-state index in [0.717, 1.165) is 11.8 Å². The van der Waals surface area contributed by atoms with Crippen LogP contribution in [0.4, 0.5) is 11.4 Å². The standard InChI is InChI=1S/C28H25ClN2O5S/c1-37(33,34)31(19-21-11-13-22(29)14-12-21)23-15-17-24(18-16-23)35-20-28(32)30-26-9-5-6-10-27(26)36-25-7-3-2-4-8-25/h2-18H,19-20H2,1H3,(H,30,32). The molecule has 1 amide bonds. The molecule has 0 aliphatic heterocycles. The van der Waals surface area contributed by atoms with Crippen molar-refractivity contribution in [3.05, 3.63) is 114 Å². The van der Waals surface area contributed by atoms with Gasteiger partial charge in [0.1, 0.15) is 11.5 Å². The maximum Gasteiger partial charge on any atom is 0.262 e. The van der Waals surface area contributed by atoms with Gasteiger partial charge in [-0.3, -0.25) is 9.10 Å². The first-order chi connectivity index (χ1) is 17.8. The number of hydrogen-bond donors (Lipinski definition) is 1. The lowest BCUT2D eigenvalue weighted by molar-refractivity contribution is -0.118. The van der Waals surface area contributed by atoms with Gasteiger partial charge in [0, 0.05) is 5.02 Å². The Bertz CT molecular complexity index is 1440. The predicted octanol–water partition coefficient (Wildman–Crippen LogP) is 6.12. The summed E-state index contributed by atoms with van der Waals surface area (Å²) in [5.41, 5.74) is 1.78. The van der Waals surface area contributed by atoms with Crippen LogP contribution in [0, 0.1) is 0 Å². The third-order valence-electron chi connectivity index (χ3n) is 5.27. The average molecular weight is 537 g/mol. The summed E-state index contributed by atoms with van der Waals surface area (Å²) in [4.78, 5) is 12.5. The average Bonchev–Trinajstić information content (AvgIpc) is 2.89. The van der Waals surface area contributed by atoms with Crippen molar-refractivity contribution in [2.45, 2.75) is 6.54 Å². The molecule has 7 nitrogen and oxygen atoms in total. The Morgan fingerprint density at radius 1 is 0.838 bits per heavy atom. The lowest BCUT2D eigenvalue weighted by Crippen LogP contribution is -2.29. The second-order valence-corrected chi connectivity index (χ2v) is 10.5. The van der Waals surface area contributed by atoms with Crippen LogP contribution in [-0.2, 0) is 21.4 Å². The maximum atomic E-state index is 12.5. The number of carbonyl (C=O) groups excluding carboxylic acids is 1. The van der Waals surface area contributed by atoms with Crippen LogP contribution >= 0.6 is 11.6 Å². The third kappa shape index (κ3) is 7.49. The highest BCUT2D eigenvalue weighted by Gasteiger charge is 2.18. The van der Waals surface area contributed by atoms with Crippen molar-refractivity contribution in [2.75, 3.05) is 22.5 Å². The molecule has 0 saturated heterocycles. The molecule has 0 radical (unpaired) electrons. The molecule has 0 aromatic heterocycles. The minimum Gasteiger partial charge on any atom is -0.484 e. The number of nitrogens with one attached hydrogen (secondary N) is 1. The van der Waals surface area contributed by atoms with E-state index in [0.29, 0.717) is 33.6 Å². The molecular weight excluding hydrogens is 512 g/mol. The summed E-state index contributed by atoms with van der Waals surface area (Å²) in [6, 6.07) is 29.9. The number of benzene rings is 4. The number of carbonyl (C=O) groups is 1. The van der Waals surface area contributed by atoms with E-state index >= 15 is 0 Å². The summed E-state index contributed by atoms with van der Waals surface area (Å²) in [5.74, 6) is 1.22. The van der Waals surface area contributed by atoms with Crippen LogP contribution in [0.2, 0.25) is 5.02 Å². The summed E-state index contributed by atoms with van der Waals surface area (Å²) in [5, 5.41) is 3.37. The monoisotopic (exact) mass is 536 g/mol. The normalized spacial score (nSPS) is 11.0. The molecule has 0 aliphatic rings. The molecule has 0 bridgehead atoms. The van der Waals surface area contributed by atoms with E-state index in [1.165, 1.54) is 4.31 Å². The van der Waals surface area contributed by atoms with Gasteiger partial charge < -0.3 is 14.8 Å². The molecule has 4 rings (SSSR count). The first-order valence-corrected chi connectivity index (χ1v) is 13.6. The molecule has 0 heterocycles. The SMILES string of the molecule is CS(=O)(=O)N(Cc1ccc(Cl)cc1)c1ccc(OCC(=O)Nc2ccccc2Oc2ccccc2)cc1.